The third kappa shape index (κ3) is 4.17. The fourth-order valence-corrected chi connectivity index (χ4v) is 3.61. The van der Waals surface area contributed by atoms with Gasteiger partial charge in [-0.25, -0.2) is 9.07 Å². The minimum Gasteiger partial charge on any atom is -0.336 e. The molecule has 1 fully saturated rings. The molecule has 2 atom stereocenters. The molecule has 0 unspecified atom stereocenters. The van der Waals surface area contributed by atoms with Gasteiger partial charge >= 0.3 is 0 Å². The molecule has 132 valence electrons. The monoisotopic (exact) mass is 336 g/mol. The molecule has 1 amide bonds. The van der Waals surface area contributed by atoms with Crippen LogP contribution in [0.1, 0.15) is 44.3 Å². The molecular weight excluding hydrogens is 311 g/mol. The summed E-state index contributed by atoms with van der Waals surface area (Å²) in [6.45, 7) is 1.36. The third-order valence-corrected chi connectivity index (χ3v) is 5.04. The lowest BCUT2D eigenvalue weighted by Crippen LogP contribution is -2.43. The summed E-state index contributed by atoms with van der Waals surface area (Å²) in [5.74, 6) is 0.954. The fraction of sp³-hybridized carbons (Fsp3) is 0.750. The normalized spacial score (nSPS) is 24.8. The van der Waals surface area contributed by atoms with E-state index in [0.29, 0.717) is 31.8 Å². The summed E-state index contributed by atoms with van der Waals surface area (Å²) >= 11 is 0. The summed E-state index contributed by atoms with van der Waals surface area (Å²) in [5, 5.41) is 15.0. The van der Waals surface area contributed by atoms with E-state index in [9.17, 15) is 9.18 Å². The van der Waals surface area contributed by atoms with Crippen LogP contribution >= 0.6 is 0 Å². The van der Waals surface area contributed by atoms with Crippen molar-refractivity contribution >= 4 is 5.91 Å². The van der Waals surface area contributed by atoms with Crippen LogP contribution in [0.15, 0.2) is 11.9 Å². The number of aromatic nitrogens is 4. The van der Waals surface area contributed by atoms with Crippen molar-refractivity contribution in [2.45, 2.75) is 51.1 Å². The summed E-state index contributed by atoms with van der Waals surface area (Å²) in [6.07, 6.45) is 7.08. The van der Waals surface area contributed by atoms with Crippen LogP contribution in [-0.2, 0) is 18.4 Å². The molecule has 0 bridgehead atoms. The quantitative estimate of drug-likeness (QED) is 0.878. The molecule has 2 aliphatic rings. The van der Waals surface area contributed by atoms with Crippen LogP contribution in [0.3, 0.4) is 0 Å². The summed E-state index contributed by atoms with van der Waals surface area (Å²) in [5.41, 5.74) is 0. The number of aryl methyl sites for hydroxylation is 1. The largest absolute Gasteiger partial charge is 0.336 e. The van der Waals surface area contributed by atoms with E-state index in [1.807, 2.05) is 7.05 Å². The van der Waals surface area contributed by atoms with E-state index in [4.69, 9.17) is 0 Å². The molecule has 1 N–H and O–H groups in total. The molecule has 8 heteroatoms. The molecular formula is C16H25FN6O. The molecule has 0 aromatic carbocycles. The van der Waals surface area contributed by atoms with Crippen molar-refractivity contribution in [1.29, 1.82) is 0 Å². The minimum atomic E-state index is -0.192. The van der Waals surface area contributed by atoms with Crippen molar-refractivity contribution < 1.29 is 9.18 Å². The average molecular weight is 336 g/mol. The van der Waals surface area contributed by atoms with Crippen molar-refractivity contribution in [3.63, 3.8) is 0 Å². The molecule has 0 radical (unpaired) electrons. The van der Waals surface area contributed by atoms with Crippen LogP contribution < -0.4 is 5.32 Å². The van der Waals surface area contributed by atoms with Crippen LogP contribution in [0.4, 0.5) is 4.39 Å². The third-order valence-electron chi connectivity index (χ3n) is 5.04. The first-order chi connectivity index (χ1) is 11.6. The SMILES string of the molecule is Cn1nnnc1CN[C@H]1CCCC[C@H]1CC(=O)N1CCC=C(F)C1. The zero-order valence-electron chi connectivity index (χ0n) is 14.1. The minimum absolute atomic E-state index is 0.0669. The van der Waals surface area contributed by atoms with E-state index < -0.39 is 0 Å². The van der Waals surface area contributed by atoms with Gasteiger partial charge in [0.25, 0.3) is 0 Å². The summed E-state index contributed by atoms with van der Waals surface area (Å²) in [6, 6.07) is 0.282. The zero-order valence-corrected chi connectivity index (χ0v) is 14.1. The molecule has 7 nitrogen and oxygen atoms in total. The number of carbonyl (C=O) groups is 1. The van der Waals surface area contributed by atoms with Crippen molar-refractivity contribution in [2.24, 2.45) is 13.0 Å². The lowest BCUT2D eigenvalue weighted by atomic mass is 9.82. The predicted molar refractivity (Wildman–Crippen MR) is 86.4 cm³/mol. The van der Waals surface area contributed by atoms with Gasteiger partial charge in [0.15, 0.2) is 5.82 Å². The van der Waals surface area contributed by atoms with Gasteiger partial charge in [-0.1, -0.05) is 12.8 Å². The second-order valence-corrected chi connectivity index (χ2v) is 6.71. The second-order valence-electron chi connectivity index (χ2n) is 6.71. The number of nitrogens with zero attached hydrogens (tertiary/aromatic N) is 5. The highest BCUT2D eigenvalue weighted by Crippen LogP contribution is 2.28. The van der Waals surface area contributed by atoms with Crippen LogP contribution in [-0.4, -0.2) is 50.1 Å². The van der Waals surface area contributed by atoms with Gasteiger partial charge in [0.1, 0.15) is 5.83 Å². The molecule has 0 spiro atoms. The van der Waals surface area contributed by atoms with Crippen LogP contribution in [0.25, 0.3) is 0 Å². The van der Waals surface area contributed by atoms with E-state index in [-0.39, 0.29) is 24.3 Å². The molecule has 0 saturated heterocycles. The van der Waals surface area contributed by atoms with Gasteiger partial charge < -0.3 is 10.2 Å². The smallest absolute Gasteiger partial charge is 0.223 e. The maximum atomic E-state index is 13.4. The average Bonchev–Trinajstić information content (AvgIpc) is 2.99. The first-order valence-electron chi connectivity index (χ1n) is 8.70. The number of hydrogen-bond donors (Lipinski definition) is 1. The number of halogens is 1. The number of nitrogens with one attached hydrogen (secondary N) is 1. The maximum absolute atomic E-state index is 13.4. The Hall–Kier alpha value is -1.83. The molecule has 1 aromatic rings. The van der Waals surface area contributed by atoms with E-state index in [0.717, 1.165) is 25.1 Å². The van der Waals surface area contributed by atoms with Crippen molar-refractivity contribution in [3.8, 4) is 0 Å². The Bertz CT molecular complexity index is 601. The topological polar surface area (TPSA) is 75.9 Å². The molecule has 1 saturated carbocycles. The number of rotatable bonds is 5. The molecule has 2 heterocycles. The zero-order chi connectivity index (χ0) is 16.9. The van der Waals surface area contributed by atoms with Crippen LogP contribution in [0, 0.1) is 5.92 Å². The van der Waals surface area contributed by atoms with Gasteiger partial charge in [0, 0.05) is 26.1 Å². The Balaban J connectivity index is 1.55. The molecule has 1 aromatic heterocycles. The molecule has 1 aliphatic carbocycles. The lowest BCUT2D eigenvalue weighted by Gasteiger charge is -2.34. The highest BCUT2D eigenvalue weighted by atomic mass is 19.1. The molecule has 3 rings (SSSR count). The second kappa shape index (κ2) is 7.83. The Labute approximate surface area is 141 Å². The number of hydrogen-bond acceptors (Lipinski definition) is 5. The van der Waals surface area contributed by atoms with Crippen molar-refractivity contribution in [1.82, 2.24) is 30.4 Å². The van der Waals surface area contributed by atoms with Crippen LogP contribution in [0.2, 0.25) is 0 Å². The Morgan fingerprint density at radius 2 is 2.25 bits per heavy atom. The molecule has 1 aliphatic heterocycles. The van der Waals surface area contributed by atoms with Crippen molar-refractivity contribution in [3.05, 3.63) is 17.7 Å². The van der Waals surface area contributed by atoms with Gasteiger partial charge in [-0.15, -0.1) is 5.10 Å². The highest BCUT2D eigenvalue weighted by Gasteiger charge is 2.29. The number of tetrazole rings is 1. The van der Waals surface area contributed by atoms with E-state index in [1.54, 1.807) is 15.7 Å². The van der Waals surface area contributed by atoms with Crippen molar-refractivity contribution in [2.75, 3.05) is 13.1 Å². The standard InChI is InChI=1S/C16H25FN6O/c1-22-15(19-20-21-22)10-18-14-7-3-2-5-12(14)9-16(24)23-8-4-6-13(17)11-23/h6,12,14,18H,2-5,7-11H2,1H3/t12-,14-/m0/s1. The highest BCUT2D eigenvalue weighted by molar-refractivity contribution is 5.77. The van der Waals surface area contributed by atoms with Gasteiger partial charge in [-0.05, 0) is 41.7 Å². The fourth-order valence-electron chi connectivity index (χ4n) is 3.61. The van der Waals surface area contributed by atoms with Gasteiger partial charge in [-0.2, -0.15) is 0 Å². The van der Waals surface area contributed by atoms with E-state index in [1.165, 1.54) is 6.42 Å². The van der Waals surface area contributed by atoms with Crippen LogP contribution in [0.5, 0.6) is 0 Å². The predicted octanol–water partition coefficient (Wildman–Crippen LogP) is 1.33. The van der Waals surface area contributed by atoms with E-state index >= 15 is 0 Å². The maximum Gasteiger partial charge on any atom is 0.223 e. The Morgan fingerprint density at radius 3 is 3.00 bits per heavy atom. The molecule has 24 heavy (non-hydrogen) atoms. The number of amides is 1. The van der Waals surface area contributed by atoms with E-state index in [2.05, 4.69) is 20.8 Å². The summed E-state index contributed by atoms with van der Waals surface area (Å²) in [7, 11) is 1.82. The summed E-state index contributed by atoms with van der Waals surface area (Å²) in [4.78, 5) is 14.2. The van der Waals surface area contributed by atoms with Gasteiger partial charge in [0.2, 0.25) is 5.91 Å². The van der Waals surface area contributed by atoms with Gasteiger partial charge in [0.05, 0.1) is 13.1 Å². The first kappa shape index (κ1) is 17.0. The lowest BCUT2D eigenvalue weighted by molar-refractivity contribution is -0.132. The first-order valence-corrected chi connectivity index (χ1v) is 8.70. The summed E-state index contributed by atoms with van der Waals surface area (Å²) < 4.78 is 15.1. The van der Waals surface area contributed by atoms with Gasteiger partial charge in [-0.3, -0.25) is 4.79 Å². The number of carbonyl (C=O) groups excluding carboxylic acids is 1. The Morgan fingerprint density at radius 1 is 1.42 bits per heavy atom. The Kier molecular flexibility index (Phi) is 5.55.